The first kappa shape index (κ1) is 20.5. The Bertz CT molecular complexity index is 836. The first-order chi connectivity index (χ1) is 14.1. The molecule has 0 radical (unpaired) electrons. The molecule has 0 spiro atoms. The Hall–Kier alpha value is -3.22. The van der Waals surface area contributed by atoms with Gasteiger partial charge in [-0.05, 0) is 37.1 Å². The molecule has 1 N–H and O–H groups in total. The van der Waals surface area contributed by atoms with Crippen LogP contribution in [0, 0.1) is 0 Å². The van der Waals surface area contributed by atoms with Gasteiger partial charge in [0.1, 0.15) is 0 Å². The second-order valence-corrected chi connectivity index (χ2v) is 6.82. The molecule has 0 atom stereocenters. The number of hydrogen-bond donors (Lipinski definition) is 1. The van der Waals surface area contributed by atoms with Crippen molar-refractivity contribution in [3.63, 3.8) is 0 Å². The zero-order chi connectivity index (χ0) is 20.8. The van der Waals surface area contributed by atoms with E-state index in [9.17, 15) is 9.59 Å². The molecular weight excluding hydrogens is 372 g/mol. The standard InChI is InChI=1S/C22H26N2O5/c1-27-18-13-16(14-19(28-2)20(18)29-3)21(25)23-17-9-11-24(12-10-17)22(26)15-7-5-4-6-8-15/h4-8,13-14,17H,9-12H2,1-3H3,(H,23,25). The average molecular weight is 398 g/mol. The van der Waals surface area contributed by atoms with Crippen LogP contribution in [-0.2, 0) is 0 Å². The minimum Gasteiger partial charge on any atom is -0.493 e. The monoisotopic (exact) mass is 398 g/mol. The predicted molar refractivity (Wildman–Crippen MR) is 109 cm³/mol. The quantitative estimate of drug-likeness (QED) is 0.810. The lowest BCUT2D eigenvalue weighted by Gasteiger charge is -2.32. The van der Waals surface area contributed by atoms with Crippen molar-refractivity contribution < 1.29 is 23.8 Å². The van der Waals surface area contributed by atoms with Crippen molar-refractivity contribution >= 4 is 11.8 Å². The van der Waals surface area contributed by atoms with Crippen molar-refractivity contribution in [2.75, 3.05) is 34.4 Å². The van der Waals surface area contributed by atoms with E-state index >= 15 is 0 Å². The Morgan fingerprint density at radius 2 is 1.48 bits per heavy atom. The summed E-state index contributed by atoms with van der Waals surface area (Å²) in [5, 5.41) is 3.05. The van der Waals surface area contributed by atoms with Crippen molar-refractivity contribution in [3.05, 3.63) is 53.6 Å². The number of ether oxygens (including phenoxy) is 3. The Labute approximate surface area is 170 Å². The fraction of sp³-hybridized carbons (Fsp3) is 0.364. The van der Waals surface area contributed by atoms with Crippen LogP contribution in [0.3, 0.4) is 0 Å². The van der Waals surface area contributed by atoms with E-state index in [4.69, 9.17) is 14.2 Å². The molecule has 1 heterocycles. The smallest absolute Gasteiger partial charge is 0.253 e. The molecule has 7 heteroatoms. The van der Waals surface area contributed by atoms with Crippen LogP contribution in [0.2, 0.25) is 0 Å². The number of carbonyl (C=O) groups is 2. The van der Waals surface area contributed by atoms with Crippen LogP contribution in [0.4, 0.5) is 0 Å². The van der Waals surface area contributed by atoms with Crippen LogP contribution in [0.1, 0.15) is 33.6 Å². The SMILES string of the molecule is COc1cc(C(=O)NC2CCN(C(=O)c3ccccc3)CC2)cc(OC)c1OC. The normalized spacial score (nSPS) is 14.2. The highest BCUT2D eigenvalue weighted by Crippen LogP contribution is 2.38. The molecule has 0 unspecified atom stereocenters. The molecule has 3 rings (SSSR count). The van der Waals surface area contributed by atoms with E-state index < -0.39 is 0 Å². The molecule has 0 saturated carbocycles. The van der Waals surface area contributed by atoms with Crippen LogP contribution in [-0.4, -0.2) is 57.2 Å². The molecular formula is C22H26N2O5. The second-order valence-electron chi connectivity index (χ2n) is 6.82. The molecule has 7 nitrogen and oxygen atoms in total. The first-order valence-corrected chi connectivity index (χ1v) is 9.52. The minimum absolute atomic E-state index is 0.00131. The van der Waals surface area contributed by atoms with Crippen molar-refractivity contribution in [3.8, 4) is 17.2 Å². The van der Waals surface area contributed by atoms with Crippen LogP contribution in [0.15, 0.2) is 42.5 Å². The Balaban J connectivity index is 1.62. The van der Waals surface area contributed by atoms with E-state index in [-0.39, 0.29) is 17.9 Å². The predicted octanol–water partition coefficient (Wildman–Crippen LogP) is 2.75. The van der Waals surface area contributed by atoms with E-state index in [0.717, 1.165) is 0 Å². The molecule has 2 amide bonds. The first-order valence-electron chi connectivity index (χ1n) is 9.52. The number of carbonyl (C=O) groups excluding carboxylic acids is 2. The van der Waals surface area contributed by atoms with E-state index in [1.807, 2.05) is 35.2 Å². The number of rotatable bonds is 6. The topological polar surface area (TPSA) is 77.1 Å². The third kappa shape index (κ3) is 4.62. The number of benzene rings is 2. The number of likely N-dealkylation sites (tertiary alicyclic amines) is 1. The maximum absolute atomic E-state index is 12.7. The van der Waals surface area contributed by atoms with Crippen molar-refractivity contribution in [2.24, 2.45) is 0 Å². The molecule has 154 valence electrons. The van der Waals surface area contributed by atoms with Crippen LogP contribution in [0.25, 0.3) is 0 Å². The largest absolute Gasteiger partial charge is 0.493 e. The fourth-order valence-corrected chi connectivity index (χ4v) is 3.47. The molecule has 1 aliphatic rings. The van der Waals surface area contributed by atoms with Gasteiger partial charge in [0.25, 0.3) is 11.8 Å². The lowest BCUT2D eigenvalue weighted by molar-refractivity contribution is 0.0698. The average Bonchev–Trinajstić information content (AvgIpc) is 2.78. The summed E-state index contributed by atoms with van der Waals surface area (Å²) in [5.41, 5.74) is 1.12. The van der Waals surface area contributed by atoms with Crippen LogP contribution in [0.5, 0.6) is 17.2 Å². The molecule has 1 fully saturated rings. The molecule has 2 aromatic carbocycles. The summed E-state index contributed by atoms with van der Waals surface area (Å²) in [7, 11) is 4.54. The van der Waals surface area contributed by atoms with Crippen molar-refractivity contribution in [2.45, 2.75) is 18.9 Å². The maximum atomic E-state index is 12.7. The van der Waals surface area contributed by atoms with Gasteiger partial charge in [-0.2, -0.15) is 0 Å². The van der Waals surface area contributed by atoms with E-state index in [1.165, 1.54) is 21.3 Å². The summed E-state index contributed by atoms with van der Waals surface area (Å²) in [6.07, 6.45) is 1.41. The zero-order valence-electron chi connectivity index (χ0n) is 16.9. The molecule has 2 aromatic rings. The van der Waals surface area contributed by atoms with Gasteiger partial charge in [0.2, 0.25) is 5.75 Å². The summed E-state index contributed by atoms with van der Waals surface area (Å²) in [6, 6.07) is 12.5. The van der Waals surface area contributed by atoms with E-state index in [2.05, 4.69) is 5.32 Å². The number of nitrogens with one attached hydrogen (secondary N) is 1. The second kappa shape index (κ2) is 9.32. The van der Waals surface area contributed by atoms with E-state index in [0.29, 0.717) is 54.3 Å². The zero-order valence-corrected chi connectivity index (χ0v) is 16.9. The molecule has 0 aromatic heterocycles. The van der Waals surface area contributed by atoms with Gasteiger partial charge in [0.15, 0.2) is 11.5 Å². The lowest BCUT2D eigenvalue weighted by atomic mass is 10.0. The number of hydrogen-bond acceptors (Lipinski definition) is 5. The van der Waals surface area contributed by atoms with Crippen LogP contribution < -0.4 is 19.5 Å². The summed E-state index contributed by atoms with van der Waals surface area (Å²) < 4.78 is 15.9. The number of piperidine rings is 1. The number of amides is 2. The van der Waals surface area contributed by atoms with Gasteiger partial charge < -0.3 is 24.4 Å². The van der Waals surface area contributed by atoms with Crippen molar-refractivity contribution in [1.29, 1.82) is 0 Å². The highest BCUT2D eigenvalue weighted by molar-refractivity contribution is 5.96. The Morgan fingerprint density at radius 1 is 0.897 bits per heavy atom. The number of methoxy groups -OCH3 is 3. The minimum atomic E-state index is -0.211. The highest BCUT2D eigenvalue weighted by Gasteiger charge is 2.25. The van der Waals surface area contributed by atoms with Gasteiger partial charge in [-0.1, -0.05) is 18.2 Å². The van der Waals surface area contributed by atoms with Gasteiger partial charge in [0.05, 0.1) is 21.3 Å². The Morgan fingerprint density at radius 3 is 2.00 bits per heavy atom. The third-order valence-corrected chi connectivity index (χ3v) is 5.07. The molecule has 0 aliphatic carbocycles. The molecule has 29 heavy (non-hydrogen) atoms. The van der Waals surface area contributed by atoms with Crippen LogP contribution >= 0.6 is 0 Å². The van der Waals surface area contributed by atoms with Gasteiger partial charge >= 0.3 is 0 Å². The van der Waals surface area contributed by atoms with E-state index in [1.54, 1.807) is 12.1 Å². The Kier molecular flexibility index (Phi) is 6.59. The van der Waals surface area contributed by atoms with Gasteiger partial charge in [-0.25, -0.2) is 0 Å². The summed E-state index contributed by atoms with van der Waals surface area (Å²) in [5.74, 6) is 1.12. The summed E-state index contributed by atoms with van der Waals surface area (Å²) in [4.78, 5) is 27.1. The third-order valence-electron chi connectivity index (χ3n) is 5.07. The molecule has 0 bridgehead atoms. The van der Waals surface area contributed by atoms with Gasteiger partial charge in [-0.15, -0.1) is 0 Å². The number of nitrogens with zero attached hydrogens (tertiary/aromatic N) is 1. The molecule has 1 aliphatic heterocycles. The highest BCUT2D eigenvalue weighted by atomic mass is 16.5. The van der Waals surface area contributed by atoms with Gasteiger partial charge in [0, 0.05) is 30.3 Å². The molecule has 1 saturated heterocycles. The maximum Gasteiger partial charge on any atom is 0.253 e. The summed E-state index contributed by atoms with van der Waals surface area (Å²) >= 11 is 0. The fourth-order valence-electron chi connectivity index (χ4n) is 3.47. The van der Waals surface area contributed by atoms with Gasteiger partial charge in [-0.3, -0.25) is 9.59 Å². The lowest BCUT2D eigenvalue weighted by Crippen LogP contribution is -2.46. The van der Waals surface area contributed by atoms with Crippen molar-refractivity contribution in [1.82, 2.24) is 10.2 Å². The summed E-state index contributed by atoms with van der Waals surface area (Å²) in [6.45, 7) is 1.21.